The Morgan fingerprint density at radius 1 is 0.677 bits per heavy atom. The van der Waals surface area contributed by atoms with E-state index in [1.165, 1.54) is 26.0 Å². The topological polar surface area (TPSA) is 140 Å². The van der Waals surface area contributed by atoms with E-state index < -0.39 is 23.9 Å². The Kier molecular flexibility index (Phi) is 12.8. The molecule has 0 bridgehead atoms. The maximum Gasteiger partial charge on any atom is 2.00 e. The van der Waals surface area contributed by atoms with E-state index >= 15 is 0 Å². The van der Waals surface area contributed by atoms with Gasteiger partial charge in [0.05, 0.1) is 22.8 Å². The fraction of sp³-hybridized carbons (Fsp3) is 0.111. The predicted molar refractivity (Wildman–Crippen MR) is 124 cm³/mol. The van der Waals surface area contributed by atoms with E-state index in [0.717, 1.165) is 0 Å². The summed E-state index contributed by atoms with van der Waals surface area (Å²) < 4.78 is 9.64. The normalized spacial score (nSPS) is 9.48. The molecule has 0 aromatic heterocycles. The molecule has 169 valence electrons. The first-order valence-electron chi connectivity index (χ1n) is 7.78. The molecule has 0 spiro atoms. The molecule has 0 fully saturated rings. The van der Waals surface area contributed by atoms with Crippen molar-refractivity contribution < 1.29 is 55.9 Å². The smallest absolute Gasteiger partial charge is 0.561 e. The summed E-state index contributed by atoms with van der Waals surface area (Å²) in [5.74, 6) is -2.19. The van der Waals surface area contributed by atoms with Crippen LogP contribution in [0.5, 0.6) is 11.5 Å². The summed E-state index contributed by atoms with van der Waals surface area (Å²) >= 11 is 12.7. The van der Waals surface area contributed by atoms with E-state index in [-0.39, 0.29) is 39.7 Å². The average molecular weight is 743 g/mol. The number of carbonyl (C=O) groups excluding carboxylic acids is 2. The molecule has 0 saturated carbocycles. The molecule has 6 N–H and O–H groups in total. The second kappa shape index (κ2) is 13.3. The van der Waals surface area contributed by atoms with Crippen molar-refractivity contribution in [2.24, 2.45) is 0 Å². The molecule has 0 unspecified atom stereocenters. The van der Waals surface area contributed by atoms with Gasteiger partial charge >= 0.3 is 40.9 Å². The predicted octanol–water partition coefficient (Wildman–Crippen LogP) is 3.73. The molecular formula is C18H16Br4CuO8+6. The number of hydrogen-bond donors (Lipinski definition) is 0. The summed E-state index contributed by atoms with van der Waals surface area (Å²) in [6.07, 6.45) is 0. The summed E-state index contributed by atoms with van der Waals surface area (Å²) in [7, 11) is 0. The van der Waals surface area contributed by atoms with Gasteiger partial charge in [-0.05, 0) is 56.1 Å². The van der Waals surface area contributed by atoms with Gasteiger partial charge in [-0.15, -0.1) is 0 Å². The SMILES string of the molecule is CC(=O)[OH+]c1c(Br)cc(Br)cc1C(=O)[OH2+].CC(=O)[OH+]c1c(Br)cc(Br)cc1C(=O)[OH2+].[Cu+2]. The van der Waals surface area contributed by atoms with E-state index in [1.54, 1.807) is 12.1 Å². The third kappa shape index (κ3) is 9.42. The molecule has 8 nitrogen and oxygen atoms in total. The first-order chi connectivity index (χ1) is 13.8. The molecule has 31 heavy (non-hydrogen) atoms. The molecule has 2 aromatic carbocycles. The zero-order valence-electron chi connectivity index (χ0n) is 15.7. The van der Waals surface area contributed by atoms with Crippen molar-refractivity contribution in [3.05, 3.63) is 53.3 Å². The molecule has 2 rings (SSSR count). The number of carbonyl (C=O) groups is 4. The van der Waals surface area contributed by atoms with Crippen molar-refractivity contribution >= 4 is 87.6 Å². The second-order valence-electron chi connectivity index (χ2n) is 5.49. The molecule has 13 heteroatoms. The number of halogens is 4. The van der Waals surface area contributed by atoms with Crippen molar-refractivity contribution in [1.29, 1.82) is 0 Å². The molecule has 0 aliphatic carbocycles. The first kappa shape index (κ1) is 29.8. The van der Waals surface area contributed by atoms with Gasteiger partial charge in [-0.2, -0.15) is 0 Å². The molecule has 0 saturated heterocycles. The van der Waals surface area contributed by atoms with Crippen molar-refractivity contribution in [1.82, 2.24) is 0 Å². The summed E-state index contributed by atoms with van der Waals surface area (Å²) in [5.41, 5.74) is 0.179. The van der Waals surface area contributed by atoms with Crippen LogP contribution in [0, 0.1) is 0 Å². The number of hydrogen-bond acceptors (Lipinski definition) is 4. The Hall–Kier alpha value is -1.24. The monoisotopic (exact) mass is 739 g/mol. The maximum absolute atomic E-state index is 11.0. The Morgan fingerprint density at radius 2 is 0.968 bits per heavy atom. The number of aromatic hydroxyl groups is 2. The van der Waals surface area contributed by atoms with Crippen LogP contribution >= 0.6 is 63.7 Å². The number of carboxylic acids is 2. The number of ether oxygens (including phenoxy) is 2. The van der Waals surface area contributed by atoms with E-state index in [1.807, 2.05) is 0 Å². The summed E-state index contributed by atoms with van der Waals surface area (Å²) in [4.78, 5) is 43.7. The van der Waals surface area contributed by atoms with E-state index in [4.69, 9.17) is 10.2 Å². The van der Waals surface area contributed by atoms with Crippen molar-refractivity contribution in [3.8, 4) is 11.5 Å². The molecule has 0 atom stereocenters. The van der Waals surface area contributed by atoms with Gasteiger partial charge in [-0.1, -0.05) is 31.9 Å². The third-order valence-electron chi connectivity index (χ3n) is 3.08. The summed E-state index contributed by atoms with van der Waals surface area (Å²) in [5, 5.41) is 14.1. The zero-order valence-corrected chi connectivity index (χ0v) is 22.9. The Morgan fingerprint density at radius 3 is 1.19 bits per heavy atom. The minimum atomic E-state index is -0.878. The van der Waals surface area contributed by atoms with Crippen molar-refractivity contribution in [3.63, 3.8) is 0 Å². The molecular weight excluding hydrogens is 727 g/mol. The van der Waals surface area contributed by atoms with Gasteiger partial charge in [-0.25, -0.2) is 0 Å². The summed E-state index contributed by atoms with van der Waals surface area (Å²) in [6, 6.07) is 6.24. The van der Waals surface area contributed by atoms with Crippen molar-refractivity contribution in [2.45, 2.75) is 13.8 Å². The van der Waals surface area contributed by atoms with Gasteiger partial charge < -0.3 is 19.7 Å². The van der Waals surface area contributed by atoms with E-state index in [9.17, 15) is 19.2 Å². The fourth-order valence-electron chi connectivity index (χ4n) is 2.02. The minimum absolute atomic E-state index is 0. The van der Waals surface area contributed by atoms with Crippen LogP contribution < -0.4 is 0 Å². The van der Waals surface area contributed by atoms with Crippen LogP contribution in [0.4, 0.5) is 0 Å². The van der Waals surface area contributed by atoms with Gasteiger partial charge in [0.1, 0.15) is 0 Å². The van der Waals surface area contributed by atoms with Crippen LogP contribution in [0.15, 0.2) is 42.2 Å². The van der Waals surface area contributed by atoms with Crippen LogP contribution in [0.3, 0.4) is 0 Å². The van der Waals surface area contributed by atoms with Crippen LogP contribution in [-0.2, 0) is 26.7 Å². The van der Waals surface area contributed by atoms with Crippen LogP contribution in [0.1, 0.15) is 34.6 Å². The van der Waals surface area contributed by atoms with Crippen molar-refractivity contribution in [2.75, 3.05) is 0 Å². The van der Waals surface area contributed by atoms with Gasteiger partial charge in [-0.3, -0.25) is 0 Å². The molecule has 0 aliphatic heterocycles. The zero-order chi connectivity index (χ0) is 23.2. The molecule has 0 aliphatic rings. The van der Waals surface area contributed by atoms with Gasteiger partial charge in [0.25, 0.3) is 0 Å². The van der Waals surface area contributed by atoms with Gasteiger partial charge in [0, 0.05) is 28.1 Å². The van der Waals surface area contributed by atoms with Crippen LogP contribution in [0.25, 0.3) is 0 Å². The quantitative estimate of drug-likeness (QED) is 0.204. The molecule has 0 amide bonds. The summed E-state index contributed by atoms with van der Waals surface area (Å²) in [6.45, 7) is 2.57. The fourth-order valence-corrected chi connectivity index (χ4v) is 4.65. The van der Waals surface area contributed by atoms with E-state index in [2.05, 4.69) is 73.2 Å². The Bertz CT molecular complexity index is 945. The Balaban J connectivity index is 0.000000562. The number of benzene rings is 2. The standard InChI is InChI=1S/2C9H6Br2O4.Cu/c2*1-4(12)15-8-6(9(13)14)2-5(10)3-7(8)11;/h2*2-3H,1H3,(H,13,14);/q;;+2/p+4. The largest absolute Gasteiger partial charge is 2.00 e. The maximum atomic E-state index is 11.0. The average Bonchev–Trinajstić information content (AvgIpc) is 2.58. The van der Waals surface area contributed by atoms with Gasteiger partial charge in [0.2, 0.25) is 11.5 Å². The third-order valence-corrected chi connectivity index (χ3v) is 5.21. The van der Waals surface area contributed by atoms with Crippen LogP contribution in [0.2, 0.25) is 0 Å². The van der Waals surface area contributed by atoms with E-state index in [0.29, 0.717) is 17.9 Å². The number of aliphatic carboxylic acids is 2. The van der Waals surface area contributed by atoms with Crippen LogP contribution in [-0.4, -0.2) is 43.6 Å². The number of rotatable bonds is 4. The molecule has 2 aromatic rings. The Labute approximate surface area is 220 Å². The minimum Gasteiger partial charge on any atom is -0.561 e. The molecule has 1 radical (unpaired) electrons. The second-order valence-corrected chi connectivity index (χ2v) is 9.03. The first-order valence-corrected chi connectivity index (χ1v) is 10.9. The van der Waals surface area contributed by atoms with Gasteiger partial charge in [0.15, 0.2) is 11.1 Å². The molecule has 0 heterocycles.